The lowest BCUT2D eigenvalue weighted by atomic mass is 9.74. The number of aryl methyl sites for hydroxylation is 1. The Kier molecular flexibility index (Phi) is 12.6. The first-order valence-electron chi connectivity index (χ1n) is 14.0. The lowest BCUT2D eigenvalue weighted by Gasteiger charge is -2.32. The highest BCUT2D eigenvalue weighted by Gasteiger charge is 2.44. The number of esters is 2. The number of non-ortho nitro benzene ring substituents is 1. The molecule has 9 nitrogen and oxygen atoms in total. The molecule has 0 radical (unpaired) electrons. The van der Waals surface area contributed by atoms with Gasteiger partial charge in [0, 0.05) is 41.0 Å². The quantitative estimate of drug-likeness (QED) is 0.0885. The molecule has 1 heterocycles. The van der Waals surface area contributed by atoms with Gasteiger partial charge >= 0.3 is 11.9 Å². The molecule has 0 aromatic heterocycles. The molecule has 41 heavy (non-hydrogen) atoms. The average molecular weight is 583 g/mol. The number of nitrogens with zero attached hydrogens (tertiary/aromatic N) is 2. The van der Waals surface area contributed by atoms with Crippen molar-refractivity contribution in [3.8, 4) is 0 Å². The normalized spacial score (nSPS) is 16.7. The molecule has 0 amide bonds. The van der Waals surface area contributed by atoms with E-state index in [9.17, 15) is 19.7 Å². The molecule has 3 rings (SSSR count). The third-order valence-electron chi connectivity index (χ3n) is 6.89. The summed E-state index contributed by atoms with van der Waals surface area (Å²) in [6, 6.07) is 14.2. The number of hydrogen-bond acceptors (Lipinski definition) is 9. The molecule has 0 bridgehead atoms. The van der Waals surface area contributed by atoms with Crippen molar-refractivity contribution in [3.63, 3.8) is 0 Å². The molecule has 1 aliphatic heterocycles. The van der Waals surface area contributed by atoms with E-state index >= 15 is 0 Å². The van der Waals surface area contributed by atoms with E-state index < -0.39 is 28.7 Å². The summed E-state index contributed by atoms with van der Waals surface area (Å²) in [5, 5.41) is 20.5. The number of allylic oxidation sites excluding steroid dienone is 1. The zero-order chi connectivity index (χ0) is 29.8. The average Bonchev–Trinajstić information content (AvgIpc) is 2.99. The minimum atomic E-state index is -0.897. The number of hydrogen-bond donors (Lipinski definition) is 1. The maximum atomic E-state index is 13.6. The second-order valence-electron chi connectivity index (χ2n) is 9.71. The van der Waals surface area contributed by atoms with Crippen LogP contribution in [-0.4, -0.2) is 53.8 Å². The van der Waals surface area contributed by atoms with Crippen molar-refractivity contribution < 1.29 is 29.1 Å². The van der Waals surface area contributed by atoms with Crippen LogP contribution in [0, 0.1) is 16.0 Å². The van der Waals surface area contributed by atoms with E-state index in [0.29, 0.717) is 42.7 Å². The molecule has 2 aromatic carbocycles. The highest BCUT2D eigenvalue weighted by atomic mass is 32.2. The number of carbonyl (C=O) groups excluding carboxylic acids is 2. The summed E-state index contributed by atoms with van der Waals surface area (Å²) in [5.74, 6) is -2.10. The molecule has 1 N–H and O–H groups in total. The van der Waals surface area contributed by atoms with E-state index in [0.717, 1.165) is 23.5 Å². The predicted octanol–water partition coefficient (Wildman–Crippen LogP) is 6.04. The number of aliphatic hydroxyl groups is 1. The highest BCUT2D eigenvalue weighted by molar-refractivity contribution is 7.99. The summed E-state index contributed by atoms with van der Waals surface area (Å²) in [4.78, 5) is 43.6. The first-order valence-corrected chi connectivity index (χ1v) is 14.9. The van der Waals surface area contributed by atoms with Crippen molar-refractivity contribution in [2.24, 2.45) is 10.9 Å². The maximum Gasteiger partial charge on any atom is 0.336 e. The number of rotatable bonds is 15. The summed E-state index contributed by atoms with van der Waals surface area (Å²) in [7, 11) is 1.28. The number of aliphatic imine (C=N–C) groups is 1. The molecule has 1 aliphatic rings. The van der Waals surface area contributed by atoms with Gasteiger partial charge in [0.05, 0.1) is 29.9 Å². The van der Waals surface area contributed by atoms with Crippen LogP contribution in [0.4, 0.5) is 5.69 Å². The second-order valence-corrected chi connectivity index (χ2v) is 10.9. The van der Waals surface area contributed by atoms with Crippen LogP contribution < -0.4 is 0 Å². The van der Waals surface area contributed by atoms with Gasteiger partial charge in [-0.3, -0.25) is 19.9 Å². The molecule has 0 aliphatic carbocycles. The third kappa shape index (κ3) is 8.50. The lowest BCUT2D eigenvalue weighted by Crippen LogP contribution is -2.37. The predicted molar refractivity (Wildman–Crippen MR) is 159 cm³/mol. The molecule has 10 heteroatoms. The Morgan fingerprint density at radius 2 is 1.85 bits per heavy atom. The summed E-state index contributed by atoms with van der Waals surface area (Å²) < 4.78 is 10.8. The monoisotopic (exact) mass is 582 g/mol. The Bertz CT molecular complexity index is 1270. The van der Waals surface area contributed by atoms with Crippen LogP contribution in [0.5, 0.6) is 0 Å². The second kappa shape index (κ2) is 16.1. The van der Waals surface area contributed by atoms with Gasteiger partial charge in [0.25, 0.3) is 5.69 Å². The molecule has 0 spiro atoms. The Morgan fingerprint density at radius 3 is 2.49 bits per heavy atom. The zero-order valence-corrected chi connectivity index (χ0v) is 24.7. The topological polar surface area (TPSA) is 128 Å². The summed E-state index contributed by atoms with van der Waals surface area (Å²) in [5.41, 5.74) is 2.89. The van der Waals surface area contributed by atoms with E-state index in [4.69, 9.17) is 19.6 Å². The molecule has 0 saturated carbocycles. The van der Waals surface area contributed by atoms with Gasteiger partial charge in [-0.1, -0.05) is 44.5 Å². The molecule has 220 valence electrons. The van der Waals surface area contributed by atoms with Crippen molar-refractivity contribution >= 4 is 35.1 Å². The molecule has 2 aromatic rings. The van der Waals surface area contributed by atoms with E-state index in [2.05, 4.69) is 12.1 Å². The molecule has 2 atom stereocenters. The summed E-state index contributed by atoms with van der Waals surface area (Å²) in [6.45, 7) is 4.21. The number of ether oxygens (including phenoxy) is 2. The lowest BCUT2D eigenvalue weighted by molar-refractivity contribution is -0.384. The Hall–Kier alpha value is -3.50. The number of thioether (sulfide) groups is 1. The fourth-order valence-electron chi connectivity index (χ4n) is 4.93. The maximum absolute atomic E-state index is 13.6. The van der Waals surface area contributed by atoms with Crippen molar-refractivity contribution in [2.45, 2.75) is 63.2 Å². The fraction of sp³-hybridized carbons (Fsp3) is 0.452. The highest BCUT2D eigenvalue weighted by Crippen LogP contribution is 2.42. The van der Waals surface area contributed by atoms with Crippen molar-refractivity contribution in [1.82, 2.24) is 0 Å². The SMILES string of the molecule is CCCC1=C(C(=O)OCCCSc2ccc(CCCO)cc2)C(c2cccc([N+](=O)[O-])c2)C(C(=O)OC)C(CC)=N1. The Labute approximate surface area is 245 Å². The van der Waals surface area contributed by atoms with Gasteiger partial charge in [0.15, 0.2) is 0 Å². The number of carbonyl (C=O) groups is 2. The smallest absolute Gasteiger partial charge is 0.336 e. The van der Waals surface area contributed by atoms with E-state index in [-0.39, 0.29) is 24.5 Å². The van der Waals surface area contributed by atoms with Crippen molar-refractivity contribution in [3.05, 3.63) is 81.0 Å². The number of nitro benzene ring substituents is 1. The van der Waals surface area contributed by atoms with Crippen LogP contribution in [-0.2, 0) is 25.5 Å². The summed E-state index contributed by atoms with van der Waals surface area (Å²) in [6.07, 6.45) is 3.86. The van der Waals surface area contributed by atoms with Gasteiger partial charge in [-0.05, 0) is 55.4 Å². The summed E-state index contributed by atoms with van der Waals surface area (Å²) >= 11 is 1.66. The Morgan fingerprint density at radius 1 is 1.10 bits per heavy atom. The van der Waals surface area contributed by atoms with Gasteiger partial charge < -0.3 is 14.6 Å². The number of nitro groups is 1. The molecule has 0 saturated heterocycles. The van der Waals surface area contributed by atoms with Crippen LogP contribution in [0.15, 0.2) is 69.7 Å². The molecular formula is C31H38N2O7S. The van der Waals surface area contributed by atoms with Crippen molar-refractivity contribution in [1.29, 1.82) is 0 Å². The van der Waals surface area contributed by atoms with Crippen LogP contribution in [0.3, 0.4) is 0 Å². The van der Waals surface area contributed by atoms with Crippen molar-refractivity contribution in [2.75, 3.05) is 26.1 Å². The largest absolute Gasteiger partial charge is 0.468 e. The molecule has 0 fully saturated rings. The van der Waals surface area contributed by atoms with Gasteiger partial charge in [-0.15, -0.1) is 11.8 Å². The molecular weight excluding hydrogens is 544 g/mol. The number of aliphatic hydroxyl groups excluding tert-OH is 1. The molecule has 2 unspecified atom stereocenters. The van der Waals surface area contributed by atoms with Gasteiger partial charge in [-0.25, -0.2) is 4.79 Å². The van der Waals surface area contributed by atoms with Gasteiger partial charge in [0.2, 0.25) is 0 Å². The van der Waals surface area contributed by atoms with Gasteiger partial charge in [0.1, 0.15) is 5.92 Å². The van der Waals surface area contributed by atoms with Crippen LogP contribution in [0.1, 0.15) is 63.0 Å². The number of methoxy groups -OCH3 is 1. The fourth-order valence-corrected chi connectivity index (χ4v) is 5.76. The van der Waals surface area contributed by atoms with Gasteiger partial charge in [-0.2, -0.15) is 0 Å². The van der Waals surface area contributed by atoms with Crippen LogP contribution in [0.25, 0.3) is 0 Å². The van der Waals surface area contributed by atoms with E-state index in [1.165, 1.54) is 24.8 Å². The first kappa shape index (κ1) is 32.0. The van der Waals surface area contributed by atoms with Crippen LogP contribution in [0.2, 0.25) is 0 Å². The minimum absolute atomic E-state index is 0.130. The number of benzene rings is 2. The van der Waals surface area contributed by atoms with E-state index in [1.807, 2.05) is 26.0 Å². The van der Waals surface area contributed by atoms with Crippen LogP contribution >= 0.6 is 11.8 Å². The minimum Gasteiger partial charge on any atom is -0.468 e. The zero-order valence-electron chi connectivity index (χ0n) is 23.8. The van der Waals surface area contributed by atoms with E-state index in [1.54, 1.807) is 23.9 Å². The third-order valence-corrected chi connectivity index (χ3v) is 7.99. The first-order chi connectivity index (χ1) is 19.8. The standard InChI is InChI=1S/C31H38N2O7S/c1-4-9-26-29(31(36)40-18-8-19-41-24-15-13-21(14-16-24)10-7-17-34)27(22-11-6-12-23(20-22)33(37)38)28(30(35)39-3)25(5-2)32-26/h6,11-16,20,27-28,34H,4-5,7-10,17-19H2,1-3H3. The Balaban J connectivity index is 1.81.